The highest BCUT2D eigenvalue weighted by Crippen LogP contribution is 2.46. The van der Waals surface area contributed by atoms with Gasteiger partial charge >= 0.3 is 6.18 Å². The van der Waals surface area contributed by atoms with Crippen molar-refractivity contribution in [3.8, 4) is 5.75 Å². The number of anilines is 16. The lowest BCUT2D eigenvalue weighted by atomic mass is 9.77. The Labute approximate surface area is 609 Å². The molecule has 8 saturated heterocycles. The highest BCUT2D eigenvalue weighted by molar-refractivity contribution is 5.59. The fourth-order valence-corrected chi connectivity index (χ4v) is 13.3. The summed E-state index contributed by atoms with van der Waals surface area (Å²) in [6.45, 7) is 13.8. The van der Waals surface area contributed by atoms with Crippen LogP contribution in [0.5, 0.6) is 5.75 Å². The number of nitrogens with zero attached hydrogens (tertiary/aromatic N) is 17. The number of pyridine rings is 7. The van der Waals surface area contributed by atoms with Gasteiger partial charge in [0.1, 0.15) is 58.1 Å². The van der Waals surface area contributed by atoms with Gasteiger partial charge in [0, 0.05) is 97.7 Å². The number of aliphatic hydroxyl groups excluding tert-OH is 1. The number of methoxy groups -OCH3 is 1. The van der Waals surface area contributed by atoms with Gasteiger partial charge in [0.2, 0.25) is 0 Å². The van der Waals surface area contributed by atoms with E-state index in [1.807, 2.05) is 64.4 Å². The number of piperidine rings is 1. The zero-order chi connectivity index (χ0) is 74.2. The molecule has 17 N–H and O–H groups in total. The van der Waals surface area contributed by atoms with E-state index in [4.69, 9.17) is 55.7 Å². The van der Waals surface area contributed by atoms with E-state index in [-0.39, 0.29) is 24.9 Å². The summed E-state index contributed by atoms with van der Waals surface area (Å²) in [5.41, 5.74) is 46.9. The second kappa shape index (κ2) is 34.7. The molecule has 8 aromatic rings. The molecule has 2 aliphatic carbocycles. The first-order valence-corrected chi connectivity index (χ1v) is 35.8. The Morgan fingerprint density at radius 3 is 1.07 bits per heavy atom. The molecular weight excluding hydrogens is 1350 g/mol. The first-order valence-electron chi connectivity index (χ1n) is 35.8. The Balaban J connectivity index is 0.000000120. The predicted molar refractivity (Wildman–Crippen MR) is 407 cm³/mol. The van der Waals surface area contributed by atoms with Gasteiger partial charge in [-0.05, 0) is 155 Å². The van der Waals surface area contributed by atoms with Crippen molar-refractivity contribution in [1.82, 2.24) is 44.9 Å². The minimum atomic E-state index is -4.42. The molecule has 16 heterocycles. The van der Waals surface area contributed by atoms with Crippen LogP contribution >= 0.6 is 0 Å². The van der Waals surface area contributed by atoms with Crippen LogP contribution in [0, 0.1) is 23.7 Å². The van der Waals surface area contributed by atoms with Crippen LogP contribution in [-0.2, 0) is 6.18 Å². The summed E-state index contributed by atoms with van der Waals surface area (Å²) in [6.07, 6.45) is 22.3. The maximum atomic E-state index is 12.6. The average Bonchev–Trinajstić information content (AvgIpc) is 1.73. The zero-order valence-corrected chi connectivity index (χ0v) is 59.4. The van der Waals surface area contributed by atoms with Crippen LogP contribution < -0.4 is 89.8 Å². The van der Waals surface area contributed by atoms with E-state index in [0.717, 1.165) is 153 Å². The van der Waals surface area contributed by atoms with E-state index in [9.17, 15) is 22.0 Å². The third-order valence-corrected chi connectivity index (χ3v) is 19.8. The van der Waals surface area contributed by atoms with Gasteiger partial charge in [0.25, 0.3) is 5.92 Å². The number of nitrogen functional groups attached to an aromatic ring is 8. The van der Waals surface area contributed by atoms with Gasteiger partial charge < -0.3 is 94.9 Å². The first kappa shape index (κ1) is 75.5. The molecule has 4 unspecified atom stereocenters. The normalized spacial score (nSPS) is 20.5. The molecule has 27 nitrogen and oxygen atoms in total. The van der Waals surface area contributed by atoms with Gasteiger partial charge in [0.05, 0.1) is 127 Å². The SMILES string of the molecule is COc1cc(N2CCCC2)ncc1N.Nc1ccc(N2CC(F)(F)C2)nc1.Nc1ccc(N2CC(O)C2)nc1.Nc1ccc(N2CC3CC3C2)nc1.Nc1ccc(N2CC3CCC3C2)nc1.Nc1ccc(N2CCC2)nc1.Nc1cnc(N2CCCC2)cc1C(F)(F)F.Nc1cnc(N2CCCC2)cn1. The summed E-state index contributed by atoms with van der Waals surface area (Å²) < 4.78 is 67.8. The molecule has 0 bridgehead atoms. The summed E-state index contributed by atoms with van der Waals surface area (Å²) >= 11 is 0. The Bertz CT molecular complexity index is 3950. The van der Waals surface area contributed by atoms with E-state index in [1.165, 1.54) is 88.6 Å². The van der Waals surface area contributed by atoms with Gasteiger partial charge in [-0.3, -0.25) is 0 Å². The summed E-state index contributed by atoms with van der Waals surface area (Å²) in [7, 11) is 1.62. The topological polar surface area (TPSA) is 380 Å². The van der Waals surface area contributed by atoms with Crippen LogP contribution in [0.4, 0.5) is 114 Å². The highest BCUT2D eigenvalue weighted by Gasteiger charge is 2.46. The molecule has 8 aromatic heterocycles. The summed E-state index contributed by atoms with van der Waals surface area (Å²) in [5.74, 6) is 9.37. The quantitative estimate of drug-likeness (QED) is 0.0610. The number of aromatic nitrogens is 9. The van der Waals surface area contributed by atoms with Crippen LogP contribution in [-0.4, -0.2) is 174 Å². The minimum Gasteiger partial charge on any atom is -0.494 e. The van der Waals surface area contributed by atoms with Crippen molar-refractivity contribution in [3.63, 3.8) is 0 Å². The molecule has 10 aliphatic rings. The molecule has 562 valence electrons. The molecule has 2 saturated carbocycles. The molecule has 8 aliphatic heterocycles. The van der Waals surface area contributed by atoms with Gasteiger partial charge in [0.15, 0.2) is 0 Å². The Morgan fingerprint density at radius 2 is 0.724 bits per heavy atom. The van der Waals surface area contributed by atoms with Crippen molar-refractivity contribution in [2.45, 2.75) is 82.4 Å². The number of ether oxygens (including phenoxy) is 1. The van der Waals surface area contributed by atoms with Gasteiger partial charge in [-0.25, -0.2) is 53.6 Å². The lowest BCUT2D eigenvalue weighted by Gasteiger charge is -2.39. The number of nitrogens with two attached hydrogens (primary N) is 8. The number of fused-ring (bicyclic) bond motifs is 2. The predicted octanol–water partition coefficient (Wildman–Crippen LogP) is 8.68. The third kappa shape index (κ3) is 21.3. The van der Waals surface area contributed by atoms with E-state index in [1.54, 1.807) is 62.6 Å². The Hall–Kier alpha value is -10.7. The maximum absolute atomic E-state index is 12.6. The average molecular weight is 1450 g/mol. The van der Waals surface area contributed by atoms with Crippen LogP contribution in [0.1, 0.15) is 69.8 Å². The van der Waals surface area contributed by atoms with Crippen molar-refractivity contribution in [1.29, 1.82) is 0 Å². The molecule has 18 rings (SSSR count). The van der Waals surface area contributed by atoms with Crippen molar-refractivity contribution in [3.05, 3.63) is 134 Å². The molecule has 0 amide bonds. The summed E-state index contributed by atoms with van der Waals surface area (Å²) in [6, 6.07) is 21.7. The first-order chi connectivity index (χ1) is 50.5. The number of rotatable bonds is 9. The monoisotopic (exact) mass is 1450 g/mol. The van der Waals surface area contributed by atoms with E-state index in [2.05, 4.69) is 69.4 Å². The lowest BCUT2D eigenvalue weighted by Crippen LogP contribution is -2.56. The van der Waals surface area contributed by atoms with Crippen molar-refractivity contribution in [2.24, 2.45) is 23.7 Å². The maximum Gasteiger partial charge on any atom is 0.418 e. The molecule has 4 atom stereocenters. The van der Waals surface area contributed by atoms with Crippen LogP contribution in [0.15, 0.2) is 129 Å². The number of β-amino-alcohol motifs (C(OH)–C–C–N with tert-alkyl or cyclic N) is 1. The van der Waals surface area contributed by atoms with E-state index < -0.39 is 17.7 Å². The number of aliphatic hydroxyl groups is 1. The standard InChI is InChI=1S/C11H15N3.C10H12F3N3.C10H15N3O.C10H13N3.C8H9F2N3.C8H12N4.C8H11N3O.C8H11N3/c12-10-3-4-11(13-5-10)14-6-8-1-2-9(8)7-14;11-10(12,13)7-5-9(15-6-8(7)14)16-3-1-2-4-16;1-14-9-6-10(12-7-8(9)11)13-4-2-3-5-13;11-9-1-2-10(12-4-9)13-5-7-3-8(7)6-13;9-8(10)4-13(5-8)7-2-1-6(11)3-12-7;9-7-5-11-8(6-10-7)12-3-1-2-4-12;9-6-1-2-8(10-3-6)11-4-7(12)5-11;9-7-2-3-8(10-6-7)11-4-1-5-11/h3-5,8-9H,1-2,6-7,12H2;5-6H,1-4,14H2;6-7H,2-5,11H2,1H3;1-2,4,7-8H,3,5-6,11H2;1-3H,4-5,11H2;5-6H,1-4H2,(H2,9,10);1-3,7,12H,4-5,9H2;2-3,6H,1,4-5,9H2. The van der Waals surface area contributed by atoms with Gasteiger partial charge in [-0.15, -0.1) is 0 Å². The highest BCUT2D eigenvalue weighted by atomic mass is 19.4. The second-order valence-electron chi connectivity index (χ2n) is 27.8. The smallest absolute Gasteiger partial charge is 0.418 e. The molecule has 0 radical (unpaired) electrons. The summed E-state index contributed by atoms with van der Waals surface area (Å²) in [5, 5.41) is 9.04. The van der Waals surface area contributed by atoms with E-state index >= 15 is 0 Å². The molecule has 0 spiro atoms. The van der Waals surface area contributed by atoms with Gasteiger partial charge in [-0.2, -0.15) is 13.2 Å². The summed E-state index contributed by atoms with van der Waals surface area (Å²) in [4.78, 5) is 54.2. The fourth-order valence-electron chi connectivity index (χ4n) is 13.3. The fraction of sp³-hybridized carbons (Fsp3) is 0.466. The van der Waals surface area contributed by atoms with Crippen molar-refractivity contribution >= 4 is 92.2 Å². The number of alkyl halides is 5. The molecule has 0 aromatic carbocycles. The molecule has 105 heavy (non-hydrogen) atoms. The largest absolute Gasteiger partial charge is 0.494 e. The van der Waals surface area contributed by atoms with Crippen molar-refractivity contribution in [2.75, 3.05) is 197 Å². The molecule has 10 fully saturated rings. The van der Waals surface area contributed by atoms with Crippen molar-refractivity contribution < 1.29 is 31.8 Å². The van der Waals surface area contributed by atoms with Crippen LogP contribution in [0.25, 0.3) is 0 Å². The van der Waals surface area contributed by atoms with E-state index in [0.29, 0.717) is 53.4 Å². The third-order valence-electron chi connectivity index (χ3n) is 19.8. The van der Waals surface area contributed by atoms with Crippen LogP contribution in [0.3, 0.4) is 0 Å². The molecule has 32 heteroatoms. The Morgan fingerprint density at radius 1 is 0.381 bits per heavy atom. The number of hydrogen-bond donors (Lipinski definition) is 9. The molecular formula is C73H98F5N25O2. The number of halogens is 5. The number of hydrogen-bond acceptors (Lipinski definition) is 27. The lowest BCUT2D eigenvalue weighted by molar-refractivity contribution is -0.136. The minimum absolute atomic E-state index is 0.190. The van der Waals surface area contributed by atoms with Gasteiger partial charge in [-0.1, -0.05) is 0 Å². The van der Waals surface area contributed by atoms with Crippen LogP contribution in [0.2, 0.25) is 0 Å². The zero-order valence-electron chi connectivity index (χ0n) is 59.4. The Kier molecular flexibility index (Phi) is 25.0. The second-order valence-corrected chi connectivity index (χ2v) is 27.8.